The van der Waals surface area contributed by atoms with Gasteiger partial charge < -0.3 is 15.4 Å². The van der Waals surface area contributed by atoms with Crippen LogP contribution in [0.4, 0.5) is 11.4 Å². The Bertz CT molecular complexity index is 613. The van der Waals surface area contributed by atoms with E-state index in [-0.39, 0.29) is 23.2 Å². The van der Waals surface area contributed by atoms with Crippen molar-refractivity contribution in [2.24, 2.45) is 0 Å². The predicted molar refractivity (Wildman–Crippen MR) is 102 cm³/mol. The molecule has 0 saturated heterocycles. The van der Waals surface area contributed by atoms with Gasteiger partial charge in [0.05, 0.1) is 11.0 Å². The molecule has 0 unspecified atom stereocenters. The highest BCUT2D eigenvalue weighted by atomic mass is 16.6. The molecule has 1 aliphatic carbocycles. The number of hydrogen-bond donors (Lipinski definition) is 2. The van der Waals surface area contributed by atoms with Gasteiger partial charge in [-0.15, -0.1) is 0 Å². The van der Waals surface area contributed by atoms with Crippen molar-refractivity contribution in [1.82, 2.24) is 5.32 Å². The van der Waals surface area contributed by atoms with Crippen LogP contribution in [0.2, 0.25) is 0 Å². The molecule has 2 N–H and O–H groups in total. The summed E-state index contributed by atoms with van der Waals surface area (Å²) in [6, 6.07) is 4.49. The fraction of sp³-hybridized carbons (Fsp3) is 0.632. The molecule has 1 amide bonds. The van der Waals surface area contributed by atoms with Crippen LogP contribution in [0.15, 0.2) is 18.2 Å². The van der Waals surface area contributed by atoms with Crippen molar-refractivity contribution in [1.29, 1.82) is 0 Å². The molecule has 144 valence electrons. The minimum Gasteiger partial charge on any atom is -0.379 e. The van der Waals surface area contributed by atoms with E-state index < -0.39 is 4.92 Å². The molecule has 7 nitrogen and oxygen atoms in total. The Kier molecular flexibility index (Phi) is 7.84. The van der Waals surface area contributed by atoms with Crippen LogP contribution in [0.3, 0.4) is 0 Å². The molecule has 26 heavy (non-hydrogen) atoms. The Morgan fingerprint density at radius 1 is 1.31 bits per heavy atom. The molecular weight excluding hydrogens is 334 g/mol. The van der Waals surface area contributed by atoms with Gasteiger partial charge in [-0.1, -0.05) is 19.3 Å². The third-order valence-corrected chi connectivity index (χ3v) is 4.42. The average molecular weight is 363 g/mol. The van der Waals surface area contributed by atoms with Crippen LogP contribution in [0.5, 0.6) is 0 Å². The summed E-state index contributed by atoms with van der Waals surface area (Å²) in [5.74, 6) is -0.310. The van der Waals surface area contributed by atoms with Crippen LogP contribution < -0.4 is 10.6 Å². The fourth-order valence-corrected chi connectivity index (χ4v) is 3.10. The maximum Gasteiger partial charge on any atom is 0.293 e. The van der Waals surface area contributed by atoms with E-state index in [0.29, 0.717) is 24.9 Å². The second-order valence-corrected chi connectivity index (χ2v) is 7.03. The number of nitrogens with one attached hydrogen (secondary N) is 2. The summed E-state index contributed by atoms with van der Waals surface area (Å²) in [6.45, 7) is 4.93. The van der Waals surface area contributed by atoms with E-state index in [2.05, 4.69) is 10.6 Å². The number of hydrogen-bond acceptors (Lipinski definition) is 5. The first-order valence-electron chi connectivity index (χ1n) is 9.42. The first kappa shape index (κ1) is 20.2. The summed E-state index contributed by atoms with van der Waals surface area (Å²) in [5.41, 5.74) is 0.625. The van der Waals surface area contributed by atoms with Gasteiger partial charge in [-0.25, -0.2) is 0 Å². The molecule has 0 spiro atoms. The van der Waals surface area contributed by atoms with Gasteiger partial charge in [-0.05, 0) is 45.2 Å². The molecule has 0 aromatic heterocycles. The van der Waals surface area contributed by atoms with Crippen molar-refractivity contribution in [3.63, 3.8) is 0 Å². The SMILES string of the molecule is CC(C)NC(=O)c1ccc(NCCCOC2CCCCC2)c([N+](=O)[O-])c1. The molecule has 0 aliphatic heterocycles. The summed E-state index contributed by atoms with van der Waals surface area (Å²) in [7, 11) is 0. The summed E-state index contributed by atoms with van der Waals surface area (Å²) in [6.07, 6.45) is 7.21. The number of nitrogens with zero attached hydrogens (tertiary/aromatic N) is 1. The Balaban J connectivity index is 1.85. The van der Waals surface area contributed by atoms with Crippen molar-refractivity contribution >= 4 is 17.3 Å². The second-order valence-electron chi connectivity index (χ2n) is 7.03. The van der Waals surface area contributed by atoms with E-state index in [1.807, 2.05) is 13.8 Å². The van der Waals surface area contributed by atoms with Crippen LogP contribution in [-0.4, -0.2) is 36.1 Å². The topological polar surface area (TPSA) is 93.5 Å². The Morgan fingerprint density at radius 3 is 2.69 bits per heavy atom. The van der Waals surface area contributed by atoms with E-state index in [9.17, 15) is 14.9 Å². The maximum absolute atomic E-state index is 12.0. The zero-order chi connectivity index (χ0) is 18.9. The number of benzene rings is 1. The van der Waals surface area contributed by atoms with E-state index in [0.717, 1.165) is 19.3 Å². The van der Waals surface area contributed by atoms with Gasteiger partial charge in [-0.3, -0.25) is 14.9 Å². The zero-order valence-electron chi connectivity index (χ0n) is 15.6. The summed E-state index contributed by atoms with van der Waals surface area (Å²) in [4.78, 5) is 22.9. The molecular formula is C19H29N3O4. The lowest BCUT2D eigenvalue weighted by Gasteiger charge is -2.22. The molecule has 0 bridgehead atoms. The van der Waals surface area contributed by atoms with Crippen molar-refractivity contribution in [3.05, 3.63) is 33.9 Å². The van der Waals surface area contributed by atoms with Crippen LogP contribution in [0.25, 0.3) is 0 Å². The molecule has 1 aliphatic rings. The fourth-order valence-electron chi connectivity index (χ4n) is 3.10. The molecule has 0 radical (unpaired) electrons. The van der Waals surface area contributed by atoms with Gasteiger partial charge in [0.15, 0.2) is 0 Å². The molecule has 7 heteroatoms. The van der Waals surface area contributed by atoms with Crippen molar-refractivity contribution in [3.8, 4) is 0 Å². The number of nitro benzene ring substituents is 1. The normalized spacial score (nSPS) is 15.0. The lowest BCUT2D eigenvalue weighted by Crippen LogP contribution is -2.30. The highest BCUT2D eigenvalue weighted by Crippen LogP contribution is 2.26. The van der Waals surface area contributed by atoms with E-state index >= 15 is 0 Å². The van der Waals surface area contributed by atoms with Crippen LogP contribution >= 0.6 is 0 Å². The number of carbonyl (C=O) groups excluding carboxylic acids is 1. The Labute approximate surface area is 154 Å². The minimum atomic E-state index is -0.465. The number of rotatable bonds is 9. The molecule has 2 rings (SSSR count). The van der Waals surface area contributed by atoms with Gasteiger partial charge in [-0.2, -0.15) is 0 Å². The second kappa shape index (κ2) is 10.1. The monoisotopic (exact) mass is 363 g/mol. The zero-order valence-corrected chi connectivity index (χ0v) is 15.6. The van der Waals surface area contributed by atoms with E-state index in [1.54, 1.807) is 12.1 Å². The lowest BCUT2D eigenvalue weighted by atomic mass is 9.98. The smallest absolute Gasteiger partial charge is 0.293 e. The third-order valence-electron chi connectivity index (χ3n) is 4.42. The molecule has 1 saturated carbocycles. The van der Waals surface area contributed by atoms with Crippen molar-refractivity contribution in [2.45, 2.75) is 64.5 Å². The van der Waals surface area contributed by atoms with Gasteiger partial charge in [0, 0.05) is 30.8 Å². The highest BCUT2D eigenvalue weighted by molar-refractivity contribution is 5.95. The number of nitro groups is 1. The molecule has 1 aromatic rings. The number of ether oxygens (including phenoxy) is 1. The van der Waals surface area contributed by atoms with Gasteiger partial charge in [0.1, 0.15) is 5.69 Å². The van der Waals surface area contributed by atoms with Gasteiger partial charge in [0.25, 0.3) is 11.6 Å². The third kappa shape index (κ3) is 6.29. The van der Waals surface area contributed by atoms with Crippen LogP contribution in [0.1, 0.15) is 62.7 Å². The molecule has 0 heterocycles. The van der Waals surface area contributed by atoms with Crippen molar-refractivity contribution in [2.75, 3.05) is 18.5 Å². The summed E-state index contributed by atoms with van der Waals surface area (Å²) in [5, 5.41) is 17.1. The minimum absolute atomic E-state index is 0.0245. The quantitative estimate of drug-likeness (QED) is 0.394. The Morgan fingerprint density at radius 2 is 2.04 bits per heavy atom. The van der Waals surface area contributed by atoms with Crippen LogP contribution in [0, 0.1) is 10.1 Å². The van der Waals surface area contributed by atoms with Crippen molar-refractivity contribution < 1.29 is 14.5 Å². The number of carbonyl (C=O) groups is 1. The van der Waals surface area contributed by atoms with Gasteiger partial charge in [0.2, 0.25) is 0 Å². The van der Waals surface area contributed by atoms with E-state index in [1.165, 1.54) is 25.3 Å². The van der Waals surface area contributed by atoms with Crippen LogP contribution in [-0.2, 0) is 4.74 Å². The number of anilines is 1. The molecule has 1 aromatic carbocycles. The Hall–Kier alpha value is -2.15. The summed E-state index contributed by atoms with van der Waals surface area (Å²) < 4.78 is 5.86. The summed E-state index contributed by atoms with van der Waals surface area (Å²) >= 11 is 0. The molecule has 1 fully saturated rings. The first-order chi connectivity index (χ1) is 12.5. The molecule has 0 atom stereocenters. The number of amides is 1. The first-order valence-corrected chi connectivity index (χ1v) is 9.42. The van der Waals surface area contributed by atoms with E-state index in [4.69, 9.17) is 4.74 Å². The predicted octanol–water partition coefficient (Wildman–Crippen LogP) is 3.88. The largest absolute Gasteiger partial charge is 0.379 e. The average Bonchev–Trinajstić information content (AvgIpc) is 2.61. The van der Waals surface area contributed by atoms with Gasteiger partial charge >= 0.3 is 0 Å². The lowest BCUT2D eigenvalue weighted by molar-refractivity contribution is -0.384. The standard InChI is InChI=1S/C19H29N3O4/c1-14(2)21-19(23)15-9-10-17(18(13-15)22(24)25)20-11-6-12-26-16-7-4-3-5-8-16/h9-10,13-14,16,20H,3-8,11-12H2,1-2H3,(H,21,23). The highest BCUT2D eigenvalue weighted by Gasteiger charge is 2.18. The maximum atomic E-state index is 12.0.